The molecule has 1 atom stereocenters. The molecular formula is C14H15KN4S. The Morgan fingerprint density at radius 3 is 2.60 bits per heavy atom. The van der Waals surface area contributed by atoms with Crippen LogP contribution in [0.4, 0.5) is 0 Å². The summed E-state index contributed by atoms with van der Waals surface area (Å²) in [5.41, 5.74) is 4.25. The van der Waals surface area contributed by atoms with Crippen LogP contribution >= 0.6 is 0 Å². The van der Waals surface area contributed by atoms with E-state index in [0.29, 0.717) is 0 Å². The second-order valence-electron chi connectivity index (χ2n) is 4.79. The molecule has 2 aromatic heterocycles. The van der Waals surface area contributed by atoms with Gasteiger partial charge in [-0.1, -0.05) is 18.6 Å². The third-order valence-electron chi connectivity index (χ3n) is 3.32. The normalized spacial score (nSPS) is 12.4. The molecule has 0 bridgehead atoms. The minimum atomic E-state index is 0. The van der Waals surface area contributed by atoms with Gasteiger partial charge < -0.3 is 12.6 Å². The van der Waals surface area contributed by atoms with Crippen LogP contribution in [-0.2, 0) is 26.7 Å². The van der Waals surface area contributed by atoms with E-state index in [9.17, 15) is 0 Å². The van der Waals surface area contributed by atoms with E-state index < -0.39 is 0 Å². The fourth-order valence-corrected chi connectivity index (χ4v) is 2.44. The summed E-state index contributed by atoms with van der Waals surface area (Å²) in [6.45, 7) is 2.02. The van der Waals surface area contributed by atoms with Crippen molar-refractivity contribution in [1.29, 1.82) is 0 Å². The smallest absolute Gasteiger partial charge is 0.785 e. The summed E-state index contributed by atoms with van der Waals surface area (Å²) < 4.78 is 3.69. The van der Waals surface area contributed by atoms with Crippen molar-refractivity contribution >= 4 is 23.5 Å². The van der Waals surface area contributed by atoms with Gasteiger partial charge in [-0.3, -0.25) is 9.36 Å². The van der Waals surface area contributed by atoms with Gasteiger partial charge in [0.2, 0.25) is 0 Å². The van der Waals surface area contributed by atoms with Crippen molar-refractivity contribution in [2.45, 2.75) is 12.2 Å². The first kappa shape index (κ1) is 16.3. The van der Waals surface area contributed by atoms with E-state index in [-0.39, 0.29) is 56.6 Å². The Hall–Kier alpha value is -0.114. The Labute approximate surface area is 166 Å². The molecule has 0 aliphatic rings. The molecule has 4 nitrogen and oxygen atoms in total. The zero-order valence-electron chi connectivity index (χ0n) is 12.2. The molecule has 0 amide bonds. The predicted molar refractivity (Wildman–Crippen MR) is 78.7 cm³/mol. The minimum Gasteiger partial charge on any atom is -0.785 e. The number of hydrogen-bond acceptors (Lipinski definition) is 3. The number of hydrogen-bond donors (Lipinski definition) is 0. The maximum Gasteiger partial charge on any atom is 1.00 e. The first-order valence-corrected chi connectivity index (χ1v) is 6.65. The molecule has 98 valence electrons. The van der Waals surface area contributed by atoms with Crippen LogP contribution in [0, 0.1) is 0 Å². The van der Waals surface area contributed by atoms with Gasteiger partial charge in [-0.25, -0.2) is 0 Å². The van der Waals surface area contributed by atoms with Gasteiger partial charge in [0.25, 0.3) is 0 Å². The predicted octanol–water partition coefficient (Wildman–Crippen LogP) is -0.414. The molecule has 0 spiro atoms. The van der Waals surface area contributed by atoms with Crippen LogP contribution in [0.2, 0.25) is 0 Å². The van der Waals surface area contributed by atoms with Gasteiger partial charge in [0.15, 0.2) is 0 Å². The van der Waals surface area contributed by atoms with E-state index in [2.05, 4.69) is 28.4 Å². The molecule has 20 heavy (non-hydrogen) atoms. The molecule has 3 aromatic rings. The van der Waals surface area contributed by atoms with Crippen LogP contribution < -0.4 is 51.4 Å². The van der Waals surface area contributed by atoms with Crippen LogP contribution in [0.25, 0.3) is 22.2 Å². The summed E-state index contributed by atoms with van der Waals surface area (Å²) in [4.78, 5) is 0. The van der Waals surface area contributed by atoms with Gasteiger partial charge in [0, 0.05) is 31.2 Å². The molecular weight excluding hydrogens is 295 g/mol. The Kier molecular flexibility index (Phi) is 5.15. The first-order valence-electron chi connectivity index (χ1n) is 6.18. The second kappa shape index (κ2) is 6.33. The quantitative estimate of drug-likeness (QED) is 0.477. The SMILES string of the molecule is CC([S-])c1ccc2c(c1)c(-c1cnn(C)c1)nn2C.[K+]. The average molecular weight is 310 g/mol. The second-order valence-corrected chi connectivity index (χ2v) is 5.50. The monoisotopic (exact) mass is 310 g/mol. The molecule has 0 radical (unpaired) electrons. The topological polar surface area (TPSA) is 35.6 Å². The molecule has 0 aliphatic carbocycles. The molecule has 0 saturated carbocycles. The van der Waals surface area contributed by atoms with E-state index in [4.69, 9.17) is 12.6 Å². The van der Waals surface area contributed by atoms with Crippen LogP contribution in [-0.4, -0.2) is 19.6 Å². The fourth-order valence-electron chi connectivity index (χ4n) is 2.29. The van der Waals surface area contributed by atoms with E-state index in [1.54, 1.807) is 4.68 Å². The van der Waals surface area contributed by atoms with Crippen LogP contribution in [0.15, 0.2) is 30.6 Å². The summed E-state index contributed by atoms with van der Waals surface area (Å²) in [5, 5.41) is 10.0. The van der Waals surface area contributed by atoms with Crippen molar-refractivity contribution < 1.29 is 51.4 Å². The van der Waals surface area contributed by atoms with Gasteiger partial charge in [-0.15, -0.1) is 5.25 Å². The summed E-state index contributed by atoms with van der Waals surface area (Å²) in [6.07, 6.45) is 3.82. The Morgan fingerprint density at radius 1 is 1.25 bits per heavy atom. The molecule has 1 unspecified atom stereocenters. The minimum absolute atomic E-state index is 0. The maximum atomic E-state index is 5.34. The Bertz CT molecular complexity index is 745. The summed E-state index contributed by atoms with van der Waals surface area (Å²) in [6, 6.07) is 6.30. The van der Waals surface area contributed by atoms with Crippen molar-refractivity contribution in [2.75, 3.05) is 0 Å². The third-order valence-corrected chi connectivity index (χ3v) is 3.59. The number of benzene rings is 1. The van der Waals surface area contributed by atoms with Gasteiger partial charge in [-0.2, -0.15) is 10.2 Å². The van der Waals surface area contributed by atoms with Gasteiger partial charge in [0.05, 0.1) is 11.7 Å². The molecule has 0 aliphatic heterocycles. The Balaban J connectivity index is 0.00000147. The molecule has 0 N–H and O–H groups in total. The van der Waals surface area contributed by atoms with Crippen LogP contribution in [0.5, 0.6) is 0 Å². The van der Waals surface area contributed by atoms with Gasteiger partial charge in [0.1, 0.15) is 5.69 Å². The number of aromatic nitrogens is 4. The zero-order valence-corrected chi connectivity index (χ0v) is 16.1. The maximum absolute atomic E-state index is 5.34. The fraction of sp³-hybridized carbons (Fsp3) is 0.286. The molecule has 2 heterocycles. The van der Waals surface area contributed by atoms with E-state index in [1.807, 2.05) is 38.1 Å². The largest absolute Gasteiger partial charge is 1.00 e. The van der Waals surface area contributed by atoms with Crippen molar-refractivity contribution in [3.8, 4) is 11.3 Å². The first-order chi connectivity index (χ1) is 9.06. The molecule has 1 aromatic carbocycles. The van der Waals surface area contributed by atoms with Crippen molar-refractivity contribution in [1.82, 2.24) is 19.6 Å². The molecule has 0 fully saturated rings. The van der Waals surface area contributed by atoms with Gasteiger partial charge >= 0.3 is 51.4 Å². The summed E-state index contributed by atoms with van der Waals surface area (Å²) in [5.74, 6) is 0. The average Bonchev–Trinajstić information content (AvgIpc) is 2.93. The molecule has 3 rings (SSSR count). The van der Waals surface area contributed by atoms with Crippen LogP contribution in [0.3, 0.4) is 0 Å². The zero-order chi connectivity index (χ0) is 13.6. The third kappa shape index (κ3) is 2.91. The van der Waals surface area contributed by atoms with E-state index in [1.165, 1.54) is 0 Å². The molecule has 6 heteroatoms. The van der Waals surface area contributed by atoms with Gasteiger partial charge in [-0.05, 0) is 12.1 Å². The number of fused-ring (bicyclic) bond motifs is 1. The summed E-state index contributed by atoms with van der Waals surface area (Å²) >= 11 is 5.34. The standard InChI is InChI=1S/C14H16N4S.K/c1-9(19)10-4-5-13-12(6-10)14(16-18(13)3)11-7-15-17(2)8-11;/h4-9,19H,1-3H3;/q;+1/p-1. The van der Waals surface area contributed by atoms with Crippen molar-refractivity contribution in [2.24, 2.45) is 14.1 Å². The number of rotatable bonds is 2. The Morgan fingerprint density at radius 2 is 2.00 bits per heavy atom. The number of nitrogens with zero attached hydrogens (tertiary/aromatic N) is 4. The summed E-state index contributed by atoms with van der Waals surface area (Å²) in [7, 11) is 3.87. The van der Waals surface area contributed by atoms with Crippen molar-refractivity contribution in [3.63, 3.8) is 0 Å². The van der Waals surface area contributed by atoms with E-state index >= 15 is 0 Å². The van der Waals surface area contributed by atoms with E-state index in [0.717, 1.165) is 27.7 Å². The van der Waals surface area contributed by atoms with Crippen molar-refractivity contribution in [3.05, 3.63) is 36.2 Å². The molecule has 0 saturated heterocycles. The number of aryl methyl sites for hydroxylation is 2. The van der Waals surface area contributed by atoms with Crippen LogP contribution in [0.1, 0.15) is 17.7 Å².